The number of nitrogens with zero attached hydrogens (tertiary/aromatic N) is 3. The molecule has 1 N–H and O–H groups in total. The highest BCUT2D eigenvalue weighted by Gasteiger charge is 2.39. The molecular weight excluding hydrogens is 480 g/mol. The SMILES string of the molecule is COc1cc(/C=C2\C(=N)N3N=C(S(=O)(=O)CC(C)C)SC3=NC2=O)ccc1OS(C)(=O)=O. The number of carbonyl (C=O) groups is 1. The summed E-state index contributed by atoms with van der Waals surface area (Å²) < 4.78 is 57.5. The molecule has 2 aliphatic rings. The molecule has 0 aliphatic carbocycles. The summed E-state index contributed by atoms with van der Waals surface area (Å²) >= 11 is 0.728. The van der Waals surface area contributed by atoms with Crippen LogP contribution in [0.25, 0.3) is 6.08 Å². The Balaban J connectivity index is 1.94. The van der Waals surface area contributed by atoms with Gasteiger partial charge in [0.05, 0.1) is 24.7 Å². The lowest BCUT2D eigenvalue weighted by Gasteiger charge is -2.20. The molecule has 0 atom stereocenters. The number of benzene rings is 1. The van der Waals surface area contributed by atoms with Crippen LogP contribution in [0.1, 0.15) is 19.4 Å². The van der Waals surface area contributed by atoms with Crippen LogP contribution in [0.2, 0.25) is 0 Å². The summed E-state index contributed by atoms with van der Waals surface area (Å²) in [4.78, 5) is 16.4. The summed E-state index contributed by atoms with van der Waals surface area (Å²) in [6.45, 7) is 3.52. The van der Waals surface area contributed by atoms with Gasteiger partial charge < -0.3 is 8.92 Å². The summed E-state index contributed by atoms with van der Waals surface area (Å²) in [5.41, 5.74) is 0.275. The number of rotatable bonds is 6. The molecule has 0 bridgehead atoms. The standard InChI is InChI=1S/C18H20N4O7S3/c1-10(2)9-32(26,27)18-21-22-15(19)12(16(23)20-17(22)30-18)7-11-5-6-13(14(8-11)28-3)29-31(4,24)25/h5-8,10,19H,9H2,1-4H3/b12-7+,19-15?. The number of carbonyl (C=O) groups excluding carboxylic acids is 1. The number of hydrazone groups is 1. The van der Waals surface area contributed by atoms with Crippen molar-refractivity contribution >= 4 is 59.1 Å². The lowest BCUT2D eigenvalue weighted by atomic mass is 10.1. The molecule has 11 nitrogen and oxygen atoms in total. The molecule has 2 aliphatic heterocycles. The smallest absolute Gasteiger partial charge is 0.306 e. The second-order valence-corrected chi connectivity index (χ2v) is 12.0. The van der Waals surface area contributed by atoms with Gasteiger partial charge in [0.2, 0.25) is 19.4 Å². The van der Waals surface area contributed by atoms with E-state index in [9.17, 15) is 21.6 Å². The van der Waals surface area contributed by atoms with Gasteiger partial charge in [-0.15, -0.1) is 5.10 Å². The Hall–Kier alpha value is -2.71. The van der Waals surface area contributed by atoms with Gasteiger partial charge in [-0.1, -0.05) is 19.9 Å². The summed E-state index contributed by atoms with van der Waals surface area (Å²) in [6.07, 6.45) is 2.24. The number of aliphatic imine (C=N–C) groups is 1. The number of methoxy groups -OCH3 is 1. The molecule has 1 amide bonds. The molecule has 0 aromatic heterocycles. The Morgan fingerprint density at radius 3 is 2.50 bits per heavy atom. The zero-order valence-corrected chi connectivity index (χ0v) is 20.0. The molecular formula is C18H20N4O7S3. The van der Waals surface area contributed by atoms with Crippen LogP contribution < -0.4 is 8.92 Å². The average molecular weight is 501 g/mol. The predicted molar refractivity (Wildman–Crippen MR) is 122 cm³/mol. The van der Waals surface area contributed by atoms with Gasteiger partial charge in [0.15, 0.2) is 17.3 Å². The van der Waals surface area contributed by atoms with Crippen molar-refractivity contribution in [2.24, 2.45) is 16.0 Å². The maximum Gasteiger partial charge on any atom is 0.306 e. The molecule has 14 heteroatoms. The normalized spacial score (nSPS) is 18.0. The van der Waals surface area contributed by atoms with Crippen molar-refractivity contribution in [3.63, 3.8) is 0 Å². The molecule has 0 spiro atoms. The third kappa shape index (κ3) is 5.19. The maximum atomic E-state index is 12.5. The third-order valence-electron chi connectivity index (χ3n) is 3.99. The van der Waals surface area contributed by atoms with Gasteiger partial charge in [0, 0.05) is 0 Å². The second kappa shape index (κ2) is 8.67. The van der Waals surface area contributed by atoms with Crippen molar-refractivity contribution in [2.75, 3.05) is 19.1 Å². The zero-order valence-electron chi connectivity index (χ0n) is 17.5. The van der Waals surface area contributed by atoms with E-state index in [0.717, 1.165) is 23.0 Å². The summed E-state index contributed by atoms with van der Waals surface area (Å²) in [6, 6.07) is 4.24. The minimum absolute atomic E-state index is 0.00559. The van der Waals surface area contributed by atoms with E-state index in [1.807, 2.05) is 0 Å². The van der Waals surface area contributed by atoms with Crippen molar-refractivity contribution in [2.45, 2.75) is 13.8 Å². The molecule has 32 heavy (non-hydrogen) atoms. The average Bonchev–Trinajstić information content (AvgIpc) is 3.09. The highest BCUT2D eigenvalue weighted by Crippen LogP contribution is 2.33. The molecule has 172 valence electrons. The van der Waals surface area contributed by atoms with E-state index in [-0.39, 0.29) is 44.1 Å². The Kier molecular flexibility index (Phi) is 6.49. The molecule has 3 rings (SSSR count). The summed E-state index contributed by atoms with van der Waals surface area (Å²) in [7, 11) is -6.14. The summed E-state index contributed by atoms with van der Waals surface area (Å²) in [5, 5.41) is 13.3. The van der Waals surface area contributed by atoms with Crippen LogP contribution in [0, 0.1) is 11.3 Å². The molecule has 1 aromatic rings. The number of sulfone groups is 1. The van der Waals surface area contributed by atoms with Crippen molar-refractivity contribution < 1.29 is 30.6 Å². The van der Waals surface area contributed by atoms with E-state index >= 15 is 0 Å². The molecule has 0 unspecified atom stereocenters. The number of nitrogens with one attached hydrogen (secondary N) is 1. The number of fused-ring (bicyclic) bond motifs is 1. The molecule has 0 saturated carbocycles. The fourth-order valence-corrected chi connectivity index (χ4v) is 6.03. The van der Waals surface area contributed by atoms with Crippen molar-refractivity contribution in [3.8, 4) is 11.5 Å². The van der Waals surface area contributed by atoms with Gasteiger partial charge in [-0.05, 0) is 41.5 Å². The molecule has 0 saturated heterocycles. The van der Waals surface area contributed by atoms with Gasteiger partial charge in [-0.3, -0.25) is 10.2 Å². The van der Waals surface area contributed by atoms with E-state index < -0.39 is 25.9 Å². The van der Waals surface area contributed by atoms with Crippen LogP contribution in [0.5, 0.6) is 11.5 Å². The third-order valence-corrected chi connectivity index (χ3v) is 7.91. The van der Waals surface area contributed by atoms with Crippen molar-refractivity contribution in [3.05, 3.63) is 29.3 Å². The lowest BCUT2D eigenvalue weighted by Crippen LogP contribution is -2.35. The van der Waals surface area contributed by atoms with Crippen LogP contribution in [0.4, 0.5) is 0 Å². The largest absolute Gasteiger partial charge is 0.493 e. The minimum atomic E-state index is -3.78. The molecule has 0 fully saturated rings. The fraction of sp³-hybridized carbons (Fsp3) is 0.333. The molecule has 1 aromatic carbocycles. The molecule has 0 radical (unpaired) electrons. The van der Waals surface area contributed by atoms with Crippen LogP contribution in [-0.2, 0) is 24.7 Å². The topological polar surface area (TPSA) is 156 Å². The van der Waals surface area contributed by atoms with E-state index in [2.05, 4.69) is 10.1 Å². The monoisotopic (exact) mass is 500 g/mol. The van der Waals surface area contributed by atoms with Gasteiger partial charge in [-0.2, -0.15) is 18.4 Å². The first-order valence-corrected chi connectivity index (χ1v) is 13.4. The Labute approximate surface area is 189 Å². The van der Waals surface area contributed by atoms with E-state index in [1.54, 1.807) is 13.8 Å². The second-order valence-electron chi connectivity index (χ2n) is 7.26. The van der Waals surface area contributed by atoms with E-state index in [0.29, 0.717) is 5.56 Å². The maximum absolute atomic E-state index is 12.5. The number of hydrogen-bond acceptors (Lipinski definition) is 10. The number of thioether (sulfide) groups is 1. The predicted octanol–water partition coefficient (Wildman–Crippen LogP) is 1.68. The molecule has 2 heterocycles. The van der Waals surface area contributed by atoms with E-state index in [1.165, 1.54) is 31.4 Å². The number of ether oxygens (including phenoxy) is 1. The first-order chi connectivity index (χ1) is 14.8. The minimum Gasteiger partial charge on any atom is -0.493 e. The van der Waals surface area contributed by atoms with Gasteiger partial charge in [0.1, 0.15) is 0 Å². The van der Waals surface area contributed by atoms with Crippen LogP contribution in [-0.4, -0.2) is 62.2 Å². The number of amidine groups is 2. The first-order valence-electron chi connectivity index (χ1n) is 9.11. The number of amides is 1. The van der Waals surface area contributed by atoms with Gasteiger partial charge >= 0.3 is 10.1 Å². The quantitative estimate of drug-likeness (QED) is 0.453. The van der Waals surface area contributed by atoms with Crippen LogP contribution in [0.3, 0.4) is 0 Å². The van der Waals surface area contributed by atoms with Crippen molar-refractivity contribution in [1.82, 2.24) is 5.01 Å². The Morgan fingerprint density at radius 1 is 1.22 bits per heavy atom. The number of hydrogen-bond donors (Lipinski definition) is 1. The zero-order chi connectivity index (χ0) is 23.8. The Morgan fingerprint density at radius 2 is 1.91 bits per heavy atom. The highest BCUT2D eigenvalue weighted by atomic mass is 32.3. The Bertz CT molecular complexity index is 1300. The fourth-order valence-electron chi connectivity index (χ4n) is 2.78. The van der Waals surface area contributed by atoms with Crippen LogP contribution in [0.15, 0.2) is 33.9 Å². The van der Waals surface area contributed by atoms with Crippen LogP contribution >= 0.6 is 11.8 Å². The van der Waals surface area contributed by atoms with E-state index in [4.69, 9.17) is 14.3 Å². The van der Waals surface area contributed by atoms with Gasteiger partial charge in [0.25, 0.3) is 5.91 Å². The summed E-state index contributed by atoms with van der Waals surface area (Å²) in [5.74, 6) is -1.25. The lowest BCUT2D eigenvalue weighted by molar-refractivity contribution is -0.114. The highest BCUT2D eigenvalue weighted by molar-refractivity contribution is 8.42. The van der Waals surface area contributed by atoms with Gasteiger partial charge in [-0.25, -0.2) is 8.42 Å². The first kappa shape index (κ1) is 23.9. The van der Waals surface area contributed by atoms with Crippen molar-refractivity contribution in [1.29, 1.82) is 5.41 Å².